The fourth-order valence-electron chi connectivity index (χ4n) is 1.91. The molecule has 0 unspecified atom stereocenters. The second-order valence-corrected chi connectivity index (χ2v) is 4.48. The van der Waals surface area contributed by atoms with Crippen LogP contribution in [0, 0.1) is 24.1 Å². The van der Waals surface area contributed by atoms with Gasteiger partial charge in [0.25, 0.3) is 0 Å². The van der Waals surface area contributed by atoms with Crippen LogP contribution in [0.4, 0.5) is 10.1 Å². The van der Waals surface area contributed by atoms with E-state index in [4.69, 9.17) is 10.00 Å². The molecule has 102 valence electrons. The molecule has 0 spiro atoms. The van der Waals surface area contributed by atoms with Gasteiger partial charge in [0.15, 0.2) is 0 Å². The highest BCUT2D eigenvalue weighted by Crippen LogP contribution is 2.20. The van der Waals surface area contributed by atoms with Crippen LogP contribution in [0.15, 0.2) is 36.4 Å². The van der Waals surface area contributed by atoms with Crippen molar-refractivity contribution < 1.29 is 9.13 Å². The number of halogens is 1. The van der Waals surface area contributed by atoms with E-state index in [-0.39, 0.29) is 5.82 Å². The van der Waals surface area contributed by atoms with Crippen LogP contribution >= 0.6 is 0 Å². The Hall–Kier alpha value is -2.54. The van der Waals surface area contributed by atoms with Gasteiger partial charge in [-0.25, -0.2) is 4.39 Å². The number of nitriles is 1. The molecular weight excluding hydrogens is 255 g/mol. The van der Waals surface area contributed by atoms with Crippen LogP contribution in [0.3, 0.4) is 0 Å². The summed E-state index contributed by atoms with van der Waals surface area (Å²) in [6, 6.07) is 12.4. The Morgan fingerprint density at radius 1 is 1.25 bits per heavy atom. The monoisotopic (exact) mass is 270 g/mol. The molecule has 20 heavy (non-hydrogen) atoms. The summed E-state index contributed by atoms with van der Waals surface area (Å²) in [6.07, 6.45) is 0. The second-order valence-electron chi connectivity index (χ2n) is 4.48. The summed E-state index contributed by atoms with van der Waals surface area (Å²) >= 11 is 0. The molecule has 0 heterocycles. The molecule has 2 aromatic rings. The van der Waals surface area contributed by atoms with Crippen molar-refractivity contribution in [2.24, 2.45) is 0 Å². The number of rotatable bonds is 4. The van der Waals surface area contributed by atoms with Crippen molar-refractivity contribution in [3.8, 4) is 11.8 Å². The molecule has 3 nitrogen and oxygen atoms in total. The van der Waals surface area contributed by atoms with Crippen LogP contribution in [0.2, 0.25) is 0 Å². The van der Waals surface area contributed by atoms with Gasteiger partial charge in [0.05, 0.1) is 18.4 Å². The standard InChI is InChI=1S/C16H15FN2O/c1-11-3-5-15(14(17)7-11)19-10-12-4-6-16(20-2)13(8-12)9-18/h3-8,19H,10H2,1-2H3. The van der Waals surface area contributed by atoms with Crippen LogP contribution in [-0.2, 0) is 6.54 Å². The van der Waals surface area contributed by atoms with Gasteiger partial charge >= 0.3 is 0 Å². The van der Waals surface area contributed by atoms with Crippen molar-refractivity contribution in [2.45, 2.75) is 13.5 Å². The molecule has 0 saturated heterocycles. The van der Waals surface area contributed by atoms with Crippen molar-refractivity contribution in [3.63, 3.8) is 0 Å². The van der Waals surface area contributed by atoms with E-state index in [0.29, 0.717) is 23.5 Å². The number of methoxy groups -OCH3 is 1. The van der Waals surface area contributed by atoms with Gasteiger partial charge in [0.2, 0.25) is 0 Å². The van der Waals surface area contributed by atoms with Crippen molar-refractivity contribution in [3.05, 3.63) is 58.9 Å². The van der Waals surface area contributed by atoms with Gasteiger partial charge in [-0.2, -0.15) is 5.26 Å². The maximum atomic E-state index is 13.7. The van der Waals surface area contributed by atoms with E-state index in [1.807, 2.05) is 19.1 Å². The highest BCUT2D eigenvalue weighted by atomic mass is 19.1. The molecule has 1 N–H and O–H groups in total. The Morgan fingerprint density at radius 2 is 2.05 bits per heavy atom. The number of benzene rings is 2. The van der Waals surface area contributed by atoms with Crippen LogP contribution in [0.1, 0.15) is 16.7 Å². The lowest BCUT2D eigenvalue weighted by molar-refractivity contribution is 0.413. The predicted octanol–water partition coefficient (Wildman–Crippen LogP) is 3.63. The Bertz CT molecular complexity index is 662. The third kappa shape index (κ3) is 3.07. The molecule has 0 bridgehead atoms. The first-order valence-electron chi connectivity index (χ1n) is 6.21. The van der Waals surface area contributed by atoms with Crippen LogP contribution < -0.4 is 10.1 Å². The molecular formula is C16H15FN2O. The van der Waals surface area contributed by atoms with Crippen LogP contribution in [0.25, 0.3) is 0 Å². The van der Waals surface area contributed by atoms with Crippen molar-refractivity contribution in [2.75, 3.05) is 12.4 Å². The minimum Gasteiger partial charge on any atom is -0.495 e. The summed E-state index contributed by atoms with van der Waals surface area (Å²) in [5.74, 6) is 0.261. The molecule has 0 amide bonds. The molecule has 0 saturated carbocycles. The third-order valence-corrected chi connectivity index (χ3v) is 2.99. The first-order valence-corrected chi connectivity index (χ1v) is 6.21. The van der Waals surface area contributed by atoms with Gasteiger partial charge in [-0.15, -0.1) is 0 Å². The number of hydrogen-bond acceptors (Lipinski definition) is 3. The molecule has 0 aliphatic carbocycles. The van der Waals surface area contributed by atoms with Gasteiger partial charge in [0, 0.05) is 6.54 Å². The molecule has 0 fully saturated rings. The number of anilines is 1. The van der Waals surface area contributed by atoms with E-state index >= 15 is 0 Å². The topological polar surface area (TPSA) is 45.0 Å². The first kappa shape index (κ1) is 13.9. The molecule has 4 heteroatoms. The average Bonchev–Trinajstić information content (AvgIpc) is 2.46. The Balaban J connectivity index is 2.13. The summed E-state index contributed by atoms with van der Waals surface area (Å²) in [5, 5.41) is 12.0. The minimum atomic E-state index is -0.279. The number of nitrogens with one attached hydrogen (secondary N) is 1. The molecule has 2 aromatic carbocycles. The van der Waals surface area contributed by atoms with Crippen LogP contribution in [0.5, 0.6) is 5.75 Å². The van der Waals surface area contributed by atoms with E-state index in [2.05, 4.69) is 11.4 Å². The Morgan fingerprint density at radius 3 is 2.70 bits per heavy atom. The predicted molar refractivity (Wildman–Crippen MR) is 76.2 cm³/mol. The average molecular weight is 270 g/mol. The quantitative estimate of drug-likeness (QED) is 0.922. The molecule has 0 aliphatic heterocycles. The summed E-state index contributed by atoms with van der Waals surface area (Å²) < 4.78 is 18.8. The van der Waals surface area contributed by atoms with E-state index in [0.717, 1.165) is 11.1 Å². The fraction of sp³-hybridized carbons (Fsp3) is 0.188. The van der Waals surface area contributed by atoms with E-state index in [9.17, 15) is 4.39 Å². The second kappa shape index (κ2) is 6.07. The zero-order chi connectivity index (χ0) is 14.5. The van der Waals surface area contributed by atoms with Gasteiger partial charge < -0.3 is 10.1 Å². The molecule has 0 radical (unpaired) electrons. The SMILES string of the molecule is COc1ccc(CNc2ccc(C)cc2F)cc1C#N. The molecule has 0 atom stereocenters. The number of nitrogens with zero attached hydrogens (tertiary/aromatic N) is 1. The fourth-order valence-corrected chi connectivity index (χ4v) is 1.91. The van der Waals surface area contributed by atoms with Gasteiger partial charge in [-0.3, -0.25) is 0 Å². The third-order valence-electron chi connectivity index (χ3n) is 2.99. The zero-order valence-corrected chi connectivity index (χ0v) is 11.4. The summed E-state index contributed by atoms with van der Waals surface area (Å²) in [6.45, 7) is 2.29. The molecule has 0 aliphatic rings. The van der Waals surface area contributed by atoms with Crippen molar-refractivity contribution >= 4 is 5.69 Å². The summed E-state index contributed by atoms with van der Waals surface area (Å²) in [5.41, 5.74) is 2.69. The number of hydrogen-bond donors (Lipinski definition) is 1. The Labute approximate surface area is 117 Å². The molecule has 2 rings (SSSR count). The van der Waals surface area contributed by atoms with Crippen molar-refractivity contribution in [1.29, 1.82) is 5.26 Å². The largest absolute Gasteiger partial charge is 0.495 e. The van der Waals surface area contributed by atoms with Gasteiger partial charge in [-0.05, 0) is 42.3 Å². The zero-order valence-electron chi connectivity index (χ0n) is 11.4. The van der Waals surface area contributed by atoms with Crippen LogP contribution in [-0.4, -0.2) is 7.11 Å². The smallest absolute Gasteiger partial charge is 0.146 e. The minimum absolute atomic E-state index is 0.279. The van der Waals surface area contributed by atoms with Gasteiger partial charge in [0.1, 0.15) is 17.6 Å². The number of aryl methyl sites for hydroxylation is 1. The molecule has 0 aromatic heterocycles. The van der Waals surface area contributed by atoms with E-state index in [1.54, 1.807) is 18.2 Å². The first-order chi connectivity index (χ1) is 9.63. The maximum Gasteiger partial charge on any atom is 0.146 e. The summed E-state index contributed by atoms with van der Waals surface area (Å²) in [7, 11) is 1.52. The highest BCUT2D eigenvalue weighted by molar-refractivity contribution is 5.49. The Kier molecular flexibility index (Phi) is 4.21. The number of ether oxygens (including phenoxy) is 1. The lowest BCUT2D eigenvalue weighted by Gasteiger charge is -2.10. The van der Waals surface area contributed by atoms with Gasteiger partial charge in [-0.1, -0.05) is 12.1 Å². The van der Waals surface area contributed by atoms with E-state index < -0.39 is 0 Å². The lowest BCUT2D eigenvalue weighted by atomic mass is 10.1. The van der Waals surface area contributed by atoms with E-state index in [1.165, 1.54) is 13.2 Å². The highest BCUT2D eigenvalue weighted by Gasteiger charge is 2.05. The maximum absolute atomic E-state index is 13.7. The van der Waals surface area contributed by atoms with Crippen molar-refractivity contribution in [1.82, 2.24) is 0 Å². The summed E-state index contributed by atoms with van der Waals surface area (Å²) in [4.78, 5) is 0. The normalized spacial score (nSPS) is 9.90. The lowest BCUT2D eigenvalue weighted by Crippen LogP contribution is -2.02.